The molecule has 0 fully saturated rings. The maximum Gasteiger partial charge on any atom is 0.331 e. The molecule has 5 heteroatoms. The Morgan fingerprint density at radius 3 is 2.50 bits per heavy atom. The van der Waals surface area contributed by atoms with Crippen LogP contribution in [-0.2, 0) is 14.3 Å². The molecule has 0 aromatic heterocycles. The van der Waals surface area contributed by atoms with Crippen molar-refractivity contribution in [3.05, 3.63) is 11.6 Å². The van der Waals surface area contributed by atoms with Crippen LogP contribution in [0, 0.1) is 11.3 Å². The second-order valence-corrected chi connectivity index (χ2v) is 2.66. The summed E-state index contributed by atoms with van der Waals surface area (Å²) in [6, 6.07) is 1.80. The van der Waals surface area contributed by atoms with Crippen LogP contribution in [0.25, 0.3) is 0 Å². The Bertz CT molecular complexity index is 300. The van der Waals surface area contributed by atoms with Crippen molar-refractivity contribution in [3.8, 4) is 6.07 Å². The van der Waals surface area contributed by atoms with E-state index in [2.05, 4.69) is 0 Å². The van der Waals surface area contributed by atoms with Crippen molar-refractivity contribution in [2.75, 3.05) is 0 Å². The monoisotopic (exact) mass is 197 g/mol. The highest BCUT2D eigenvalue weighted by Gasteiger charge is 2.11. The largest absolute Gasteiger partial charge is 0.478 e. The number of carboxylic acids is 1. The highest BCUT2D eigenvalue weighted by Crippen LogP contribution is 2.04. The molecule has 0 saturated heterocycles. The van der Waals surface area contributed by atoms with E-state index in [1.807, 2.05) is 0 Å². The van der Waals surface area contributed by atoms with Crippen LogP contribution in [0.5, 0.6) is 0 Å². The van der Waals surface area contributed by atoms with Crippen LogP contribution in [0.1, 0.15) is 20.3 Å². The summed E-state index contributed by atoms with van der Waals surface area (Å²) in [6.07, 6.45) is 0.408. The highest BCUT2D eigenvalue weighted by molar-refractivity contribution is 5.85. The van der Waals surface area contributed by atoms with Crippen LogP contribution in [0.3, 0.4) is 0 Å². The molecule has 0 amide bonds. The molecule has 0 rings (SSSR count). The number of hydrogen-bond donors (Lipinski definition) is 1. The van der Waals surface area contributed by atoms with E-state index in [0.717, 1.165) is 0 Å². The maximum absolute atomic E-state index is 10.6. The Balaban J connectivity index is 4.51. The van der Waals surface area contributed by atoms with Crippen molar-refractivity contribution < 1.29 is 19.4 Å². The van der Waals surface area contributed by atoms with E-state index in [4.69, 9.17) is 15.1 Å². The summed E-state index contributed by atoms with van der Waals surface area (Å²) < 4.78 is 4.71. The summed E-state index contributed by atoms with van der Waals surface area (Å²) >= 11 is 0. The third-order valence-corrected chi connectivity index (χ3v) is 1.38. The molecule has 5 nitrogen and oxygen atoms in total. The minimum atomic E-state index is -1.10. The topological polar surface area (TPSA) is 87.4 Å². The molecule has 0 bridgehead atoms. The van der Waals surface area contributed by atoms with Gasteiger partial charge in [-0.3, -0.25) is 4.79 Å². The van der Waals surface area contributed by atoms with E-state index < -0.39 is 18.0 Å². The second kappa shape index (κ2) is 5.75. The first kappa shape index (κ1) is 12.2. The molecule has 0 spiro atoms. The lowest BCUT2D eigenvalue weighted by Crippen LogP contribution is -2.14. The van der Waals surface area contributed by atoms with E-state index in [0.29, 0.717) is 0 Å². The first-order valence-electron chi connectivity index (χ1n) is 3.93. The van der Waals surface area contributed by atoms with Gasteiger partial charge >= 0.3 is 11.9 Å². The van der Waals surface area contributed by atoms with Crippen molar-refractivity contribution in [2.24, 2.45) is 0 Å². The lowest BCUT2D eigenvalue weighted by atomic mass is 10.2. The Kier molecular flexibility index (Phi) is 5.00. The average Bonchev–Trinajstić information content (AvgIpc) is 2.02. The van der Waals surface area contributed by atoms with Gasteiger partial charge in [-0.05, 0) is 13.0 Å². The molecule has 0 heterocycles. The predicted octanol–water partition coefficient (Wildman–Crippen LogP) is 0.863. The van der Waals surface area contributed by atoms with Gasteiger partial charge in [0.15, 0.2) is 0 Å². The molecule has 0 aliphatic rings. The number of aliphatic carboxylic acids is 1. The number of carbonyl (C=O) groups excluding carboxylic acids is 1. The molecular weight excluding hydrogens is 186 g/mol. The van der Waals surface area contributed by atoms with Gasteiger partial charge in [-0.2, -0.15) is 5.26 Å². The number of nitriles is 1. The first-order chi connectivity index (χ1) is 6.47. The summed E-state index contributed by atoms with van der Waals surface area (Å²) in [7, 11) is 0. The number of esters is 1. The highest BCUT2D eigenvalue weighted by atomic mass is 16.5. The van der Waals surface area contributed by atoms with Gasteiger partial charge in [-0.25, -0.2) is 4.79 Å². The second-order valence-electron chi connectivity index (χ2n) is 2.66. The Morgan fingerprint density at radius 2 is 2.14 bits per heavy atom. The van der Waals surface area contributed by atoms with E-state index in [9.17, 15) is 9.59 Å². The molecule has 0 aliphatic carbocycles. The Labute approximate surface area is 81.6 Å². The smallest absolute Gasteiger partial charge is 0.331 e. The van der Waals surface area contributed by atoms with Crippen LogP contribution in [0.4, 0.5) is 0 Å². The minimum Gasteiger partial charge on any atom is -0.478 e. The standard InChI is InChI=1S/C9H11NO4/c1-6(9(12)13)5-8(3-4-10)14-7(2)11/h5,8H,3H2,1-2H3,(H,12,13). The van der Waals surface area contributed by atoms with Gasteiger partial charge in [0.25, 0.3) is 0 Å². The van der Waals surface area contributed by atoms with Crippen molar-refractivity contribution in [1.29, 1.82) is 5.26 Å². The fourth-order valence-corrected chi connectivity index (χ4v) is 0.788. The van der Waals surface area contributed by atoms with Gasteiger partial charge < -0.3 is 9.84 Å². The Morgan fingerprint density at radius 1 is 1.57 bits per heavy atom. The number of carboxylic acid groups (broad SMARTS) is 1. The van der Waals surface area contributed by atoms with Gasteiger partial charge in [0.1, 0.15) is 6.10 Å². The van der Waals surface area contributed by atoms with Crippen LogP contribution in [0.2, 0.25) is 0 Å². The number of nitrogens with zero attached hydrogens (tertiary/aromatic N) is 1. The summed E-state index contributed by atoms with van der Waals surface area (Å²) in [5.74, 6) is -1.64. The van der Waals surface area contributed by atoms with Crippen LogP contribution < -0.4 is 0 Å². The van der Waals surface area contributed by atoms with Crippen LogP contribution >= 0.6 is 0 Å². The van der Waals surface area contributed by atoms with Gasteiger partial charge in [0, 0.05) is 12.5 Å². The normalized spacial score (nSPS) is 12.8. The van der Waals surface area contributed by atoms with Gasteiger partial charge in [-0.15, -0.1) is 0 Å². The molecule has 1 atom stereocenters. The summed E-state index contributed by atoms with van der Waals surface area (Å²) in [6.45, 7) is 2.57. The average molecular weight is 197 g/mol. The molecule has 0 radical (unpaired) electrons. The zero-order valence-electron chi connectivity index (χ0n) is 7.98. The molecule has 0 saturated carbocycles. The summed E-state index contributed by atoms with van der Waals surface area (Å²) in [5.41, 5.74) is 0.0477. The number of carbonyl (C=O) groups is 2. The number of hydrogen-bond acceptors (Lipinski definition) is 4. The molecule has 0 aliphatic heterocycles. The third-order valence-electron chi connectivity index (χ3n) is 1.38. The van der Waals surface area contributed by atoms with Crippen LogP contribution in [0.15, 0.2) is 11.6 Å². The molecule has 0 aromatic carbocycles. The van der Waals surface area contributed by atoms with E-state index in [-0.39, 0.29) is 12.0 Å². The predicted molar refractivity (Wildman–Crippen MR) is 47.2 cm³/mol. The first-order valence-corrected chi connectivity index (χ1v) is 3.93. The SMILES string of the molecule is CC(=O)OC(C=C(C)C(=O)O)CC#N. The van der Waals surface area contributed by atoms with Gasteiger partial charge in [-0.1, -0.05) is 0 Å². The van der Waals surface area contributed by atoms with Crippen molar-refractivity contribution >= 4 is 11.9 Å². The molecule has 14 heavy (non-hydrogen) atoms. The Hall–Kier alpha value is -1.83. The van der Waals surface area contributed by atoms with Crippen molar-refractivity contribution in [3.63, 3.8) is 0 Å². The fourth-order valence-electron chi connectivity index (χ4n) is 0.788. The number of ether oxygens (including phenoxy) is 1. The maximum atomic E-state index is 10.6. The van der Waals surface area contributed by atoms with E-state index in [1.165, 1.54) is 19.9 Å². The molecule has 1 unspecified atom stereocenters. The lowest BCUT2D eigenvalue weighted by Gasteiger charge is -2.09. The van der Waals surface area contributed by atoms with Crippen molar-refractivity contribution in [1.82, 2.24) is 0 Å². The fraction of sp³-hybridized carbons (Fsp3) is 0.444. The molecular formula is C9H11NO4. The lowest BCUT2D eigenvalue weighted by molar-refractivity contribution is -0.144. The zero-order valence-corrected chi connectivity index (χ0v) is 7.98. The van der Waals surface area contributed by atoms with E-state index >= 15 is 0 Å². The summed E-state index contributed by atoms with van der Waals surface area (Å²) in [4.78, 5) is 21.0. The summed E-state index contributed by atoms with van der Waals surface area (Å²) in [5, 5.41) is 16.9. The number of rotatable bonds is 4. The zero-order chi connectivity index (χ0) is 11.1. The van der Waals surface area contributed by atoms with Gasteiger partial charge in [0.2, 0.25) is 0 Å². The van der Waals surface area contributed by atoms with E-state index in [1.54, 1.807) is 6.07 Å². The molecule has 1 N–H and O–H groups in total. The third kappa shape index (κ3) is 4.93. The van der Waals surface area contributed by atoms with Gasteiger partial charge in [0.05, 0.1) is 12.5 Å². The quantitative estimate of drug-likeness (QED) is 0.533. The van der Waals surface area contributed by atoms with Crippen LogP contribution in [-0.4, -0.2) is 23.1 Å². The minimum absolute atomic E-state index is 0.0477. The van der Waals surface area contributed by atoms with Crippen molar-refractivity contribution in [2.45, 2.75) is 26.4 Å². The molecule has 0 aromatic rings. The molecule has 76 valence electrons.